The minimum Gasteiger partial charge on any atom is -0.457 e. The molecule has 0 aliphatic heterocycles. The van der Waals surface area contributed by atoms with Crippen molar-refractivity contribution < 1.29 is 17.9 Å². The van der Waals surface area contributed by atoms with Crippen LogP contribution >= 0.6 is 0 Å². The summed E-state index contributed by atoms with van der Waals surface area (Å²) in [5.41, 5.74) is 2.10. The lowest BCUT2D eigenvalue weighted by Gasteiger charge is -2.13. The van der Waals surface area contributed by atoms with E-state index in [9.17, 15) is 13.2 Å². The molecule has 0 bridgehead atoms. The standard InChI is InChI=1S/C22H26N2O4S/c1-29(26,27)21-13-11-20(12-14-21)28-19-9-7-18(8-10-19)24-22(25)23-16-15-17-5-3-2-4-6-17/h5,7-14H,2-4,6,15-16H2,1H3,(H2,23,24,25). The van der Waals surface area contributed by atoms with E-state index < -0.39 is 9.84 Å². The molecule has 1 aliphatic rings. The second kappa shape index (κ2) is 9.60. The largest absolute Gasteiger partial charge is 0.457 e. The Balaban J connectivity index is 1.46. The first-order valence-electron chi connectivity index (χ1n) is 9.71. The van der Waals surface area contributed by atoms with Gasteiger partial charge in [-0.05, 0) is 80.6 Å². The van der Waals surface area contributed by atoms with Crippen molar-refractivity contribution in [3.8, 4) is 11.5 Å². The SMILES string of the molecule is CS(=O)(=O)c1ccc(Oc2ccc(NC(=O)NCCC3=CCCCC3)cc2)cc1. The number of ether oxygens (including phenoxy) is 1. The molecule has 2 amide bonds. The summed E-state index contributed by atoms with van der Waals surface area (Å²) in [6.07, 6.45) is 9.16. The van der Waals surface area contributed by atoms with Gasteiger partial charge in [-0.25, -0.2) is 13.2 Å². The average Bonchev–Trinajstić information content (AvgIpc) is 2.70. The molecule has 0 unspecified atom stereocenters. The van der Waals surface area contributed by atoms with E-state index in [1.165, 1.54) is 30.5 Å². The first-order chi connectivity index (χ1) is 13.9. The number of hydrogen-bond donors (Lipinski definition) is 2. The quantitative estimate of drug-likeness (QED) is 0.632. The van der Waals surface area contributed by atoms with Gasteiger partial charge in [0, 0.05) is 18.5 Å². The summed E-state index contributed by atoms with van der Waals surface area (Å²) < 4.78 is 28.7. The zero-order valence-electron chi connectivity index (χ0n) is 16.5. The lowest BCUT2D eigenvalue weighted by Crippen LogP contribution is -2.29. The van der Waals surface area contributed by atoms with Gasteiger partial charge in [0.2, 0.25) is 0 Å². The monoisotopic (exact) mass is 414 g/mol. The molecule has 0 saturated carbocycles. The molecule has 1 aliphatic carbocycles. The highest BCUT2D eigenvalue weighted by Gasteiger charge is 2.08. The van der Waals surface area contributed by atoms with E-state index in [4.69, 9.17) is 4.74 Å². The van der Waals surface area contributed by atoms with Gasteiger partial charge in [0.1, 0.15) is 11.5 Å². The Kier molecular flexibility index (Phi) is 6.93. The fourth-order valence-corrected chi connectivity index (χ4v) is 3.77. The maximum Gasteiger partial charge on any atom is 0.319 e. The molecule has 3 rings (SSSR count). The molecule has 0 spiro atoms. The first kappa shape index (κ1) is 20.9. The molecule has 0 fully saturated rings. The van der Waals surface area contributed by atoms with Crippen LogP contribution in [0.15, 0.2) is 65.1 Å². The summed E-state index contributed by atoms with van der Waals surface area (Å²) in [5.74, 6) is 1.13. The van der Waals surface area contributed by atoms with Crippen LogP contribution in [0.5, 0.6) is 11.5 Å². The molecule has 2 N–H and O–H groups in total. The molecular formula is C22H26N2O4S. The second-order valence-corrected chi connectivity index (χ2v) is 9.12. The number of nitrogens with one attached hydrogen (secondary N) is 2. The normalized spacial score (nSPS) is 14.0. The zero-order chi connectivity index (χ0) is 20.7. The number of rotatable bonds is 7. The lowest BCUT2D eigenvalue weighted by atomic mass is 9.97. The number of carbonyl (C=O) groups is 1. The third kappa shape index (κ3) is 6.64. The summed E-state index contributed by atoms with van der Waals surface area (Å²) in [7, 11) is -3.23. The highest BCUT2D eigenvalue weighted by atomic mass is 32.2. The molecule has 2 aromatic carbocycles. The van der Waals surface area contributed by atoms with E-state index in [1.54, 1.807) is 36.4 Å². The summed E-state index contributed by atoms with van der Waals surface area (Å²) in [5, 5.41) is 5.68. The summed E-state index contributed by atoms with van der Waals surface area (Å²) >= 11 is 0. The van der Waals surface area contributed by atoms with Crippen molar-refractivity contribution in [2.75, 3.05) is 18.1 Å². The highest BCUT2D eigenvalue weighted by Crippen LogP contribution is 2.24. The van der Waals surface area contributed by atoms with Crippen molar-refractivity contribution in [1.82, 2.24) is 5.32 Å². The Morgan fingerprint density at radius 2 is 1.66 bits per heavy atom. The molecule has 0 aromatic heterocycles. The van der Waals surface area contributed by atoms with Crippen molar-refractivity contribution in [1.29, 1.82) is 0 Å². The fraction of sp³-hybridized carbons (Fsp3) is 0.318. The summed E-state index contributed by atoms with van der Waals surface area (Å²) in [6, 6.07) is 13.0. The Bertz CT molecular complexity index is 965. The van der Waals surface area contributed by atoms with Crippen molar-refractivity contribution >= 4 is 21.6 Å². The van der Waals surface area contributed by atoms with Gasteiger partial charge in [0.15, 0.2) is 9.84 Å². The van der Waals surface area contributed by atoms with Crippen LogP contribution in [0.3, 0.4) is 0 Å². The van der Waals surface area contributed by atoms with E-state index >= 15 is 0 Å². The van der Waals surface area contributed by atoms with E-state index in [1.807, 2.05) is 0 Å². The summed E-state index contributed by atoms with van der Waals surface area (Å²) in [4.78, 5) is 12.3. The van der Waals surface area contributed by atoms with E-state index in [0.717, 1.165) is 25.5 Å². The number of benzene rings is 2. The molecule has 29 heavy (non-hydrogen) atoms. The number of carbonyl (C=O) groups excluding carboxylic acids is 1. The predicted octanol–water partition coefficient (Wildman–Crippen LogP) is 4.89. The fourth-order valence-electron chi connectivity index (χ4n) is 3.14. The Hall–Kier alpha value is -2.80. The predicted molar refractivity (Wildman–Crippen MR) is 114 cm³/mol. The topological polar surface area (TPSA) is 84.5 Å². The van der Waals surface area contributed by atoms with Gasteiger partial charge in [-0.3, -0.25) is 0 Å². The number of urea groups is 1. The zero-order valence-corrected chi connectivity index (χ0v) is 17.3. The van der Waals surface area contributed by atoms with E-state index in [-0.39, 0.29) is 10.9 Å². The van der Waals surface area contributed by atoms with Gasteiger partial charge >= 0.3 is 6.03 Å². The van der Waals surface area contributed by atoms with Crippen molar-refractivity contribution in [2.24, 2.45) is 0 Å². The van der Waals surface area contributed by atoms with Crippen molar-refractivity contribution in [3.05, 3.63) is 60.2 Å². The second-order valence-electron chi connectivity index (χ2n) is 7.11. The van der Waals surface area contributed by atoms with Crippen LogP contribution in [0.2, 0.25) is 0 Å². The van der Waals surface area contributed by atoms with Gasteiger partial charge in [0.05, 0.1) is 4.90 Å². The first-order valence-corrected chi connectivity index (χ1v) is 11.6. The average molecular weight is 415 g/mol. The number of allylic oxidation sites excluding steroid dienone is 1. The smallest absolute Gasteiger partial charge is 0.319 e. The number of amides is 2. The van der Waals surface area contributed by atoms with Gasteiger partial charge in [-0.2, -0.15) is 0 Å². The third-order valence-corrected chi connectivity index (χ3v) is 5.84. The van der Waals surface area contributed by atoms with Crippen LogP contribution in [0.25, 0.3) is 0 Å². The maximum atomic E-state index is 12.0. The summed E-state index contributed by atoms with van der Waals surface area (Å²) in [6.45, 7) is 0.627. The van der Waals surface area contributed by atoms with Crippen LogP contribution in [-0.2, 0) is 9.84 Å². The Morgan fingerprint density at radius 1 is 1.00 bits per heavy atom. The minimum absolute atomic E-state index is 0.230. The number of anilines is 1. The van der Waals surface area contributed by atoms with Crippen LogP contribution in [0.4, 0.5) is 10.5 Å². The molecule has 0 saturated heterocycles. The maximum absolute atomic E-state index is 12.0. The molecule has 6 nitrogen and oxygen atoms in total. The number of sulfone groups is 1. The molecule has 7 heteroatoms. The van der Waals surface area contributed by atoms with Crippen LogP contribution in [0.1, 0.15) is 32.1 Å². The van der Waals surface area contributed by atoms with E-state index in [0.29, 0.717) is 23.7 Å². The highest BCUT2D eigenvalue weighted by molar-refractivity contribution is 7.90. The van der Waals surface area contributed by atoms with Crippen molar-refractivity contribution in [2.45, 2.75) is 37.0 Å². The Labute approximate surface area is 171 Å². The van der Waals surface area contributed by atoms with Gasteiger partial charge in [-0.15, -0.1) is 0 Å². The minimum atomic E-state index is -3.23. The molecule has 0 radical (unpaired) electrons. The van der Waals surface area contributed by atoms with Crippen LogP contribution in [0, 0.1) is 0 Å². The van der Waals surface area contributed by atoms with Crippen LogP contribution < -0.4 is 15.4 Å². The lowest BCUT2D eigenvalue weighted by molar-refractivity contribution is 0.252. The van der Waals surface area contributed by atoms with E-state index in [2.05, 4.69) is 16.7 Å². The Morgan fingerprint density at radius 3 is 2.24 bits per heavy atom. The van der Waals surface area contributed by atoms with Crippen molar-refractivity contribution in [3.63, 3.8) is 0 Å². The van der Waals surface area contributed by atoms with Gasteiger partial charge in [-0.1, -0.05) is 11.6 Å². The molecule has 2 aromatic rings. The molecule has 0 atom stereocenters. The molecule has 154 valence electrons. The molecule has 0 heterocycles. The van der Waals surface area contributed by atoms with Crippen LogP contribution in [-0.4, -0.2) is 27.2 Å². The molecular weight excluding hydrogens is 388 g/mol. The van der Waals surface area contributed by atoms with Gasteiger partial charge < -0.3 is 15.4 Å². The van der Waals surface area contributed by atoms with Gasteiger partial charge in [0.25, 0.3) is 0 Å². The number of hydrogen-bond acceptors (Lipinski definition) is 4. The third-order valence-electron chi connectivity index (χ3n) is 4.72.